The molecular weight excluding hydrogens is 226 g/mol. The quantitative estimate of drug-likeness (QED) is 0.761. The van der Waals surface area contributed by atoms with Crippen LogP contribution in [0.1, 0.15) is 30.8 Å². The van der Waals surface area contributed by atoms with E-state index in [1.54, 1.807) is 12.4 Å². The summed E-state index contributed by atoms with van der Waals surface area (Å²) in [6.07, 6.45) is 9.53. The molecule has 2 aromatic rings. The van der Waals surface area contributed by atoms with Crippen molar-refractivity contribution in [1.29, 1.82) is 0 Å². The third-order valence-electron chi connectivity index (χ3n) is 2.88. The Bertz CT molecular complexity index is 492. The van der Waals surface area contributed by atoms with Crippen LogP contribution in [0.5, 0.6) is 0 Å². The van der Waals surface area contributed by atoms with Crippen LogP contribution in [-0.4, -0.2) is 26.5 Å². The predicted molar refractivity (Wildman–Crippen MR) is 71.0 cm³/mol. The standard InChI is InChI=1S/C13H19N5/c1-10-13(16-8-7-15-10)11-9-17-12(18-11)5-3-2-4-6-14/h7-9H,2-6,14H2,1H3,(H,17,18). The molecule has 0 unspecified atom stereocenters. The summed E-state index contributed by atoms with van der Waals surface area (Å²) in [4.78, 5) is 16.2. The van der Waals surface area contributed by atoms with Crippen molar-refractivity contribution in [2.45, 2.75) is 32.6 Å². The van der Waals surface area contributed by atoms with Gasteiger partial charge < -0.3 is 10.7 Å². The van der Waals surface area contributed by atoms with E-state index in [0.717, 1.165) is 55.1 Å². The van der Waals surface area contributed by atoms with E-state index in [-0.39, 0.29) is 0 Å². The van der Waals surface area contributed by atoms with Crippen molar-refractivity contribution in [3.63, 3.8) is 0 Å². The fourth-order valence-electron chi connectivity index (χ4n) is 1.90. The lowest BCUT2D eigenvalue weighted by atomic mass is 10.2. The topological polar surface area (TPSA) is 80.5 Å². The van der Waals surface area contributed by atoms with Gasteiger partial charge >= 0.3 is 0 Å². The highest BCUT2D eigenvalue weighted by molar-refractivity contribution is 5.55. The average molecular weight is 245 g/mol. The Morgan fingerprint density at radius 3 is 2.72 bits per heavy atom. The molecule has 0 aromatic carbocycles. The Labute approximate surface area is 107 Å². The molecule has 2 rings (SSSR count). The number of aromatic amines is 1. The van der Waals surface area contributed by atoms with E-state index in [1.165, 1.54) is 0 Å². The molecule has 0 atom stereocenters. The SMILES string of the molecule is Cc1nccnc1-c1cnc(CCCCCN)[nH]1. The smallest absolute Gasteiger partial charge is 0.109 e. The van der Waals surface area contributed by atoms with Gasteiger partial charge in [-0.1, -0.05) is 6.42 Å². The summed E-state index contributed by atoms with van der Waals surface area (Å²) < 4.78 is 0. The number of nitrogens with one attached hydrogen (secondary N) is 1. The van der Waals surface area contributed by atoms with Crippen LogP contribution >= 0.6 is 0 Å². The van der Waals surface area contributed by atoms with E-state index >= 15 is 0 Å². The van der Waals surface area contributed by atoms with Crippen LogP contribution in [0.4, 0.5) is 0 Å². The lowest BCUT2D eigenvalue weighted by Gasteiger charge is -2.00. The normalized spacial score (nSPS) is 10.8. The van der Waals surface area contributed by atoms with E-state index in [9.17, 15) is 0 Å². The number of nitrogens with zero attached hydrogens (tertiary/aromatic N) is 3. The molecule has 0 aliphatic heterocycles. The second-order valence-corrected chi connectivity index (χ2v) is 4.33. The zero-order chi connectivity index (χ0) is 12.8. The minimum absolute atomic E-state index is 0.766. The van der Waals surface area contributed by atoms with Gasteiger partial charge in [0.2, 0.25) is 0 Å². The Balaban J connectivity index is 2.00. The minimum atomic E-state index is 0.766. The second-order valence-electron chi connectivity index (χ2n) is 4.33. The Morgan fingerprint density at radius 2 is 1.94 bits per heavy atom. The van der Waals surface area contributed by atoms with Crippen LogP contribution in [0.25, 0.3) is 11.4 Å². The molecule has 2 heterocycles. The van der Waals surface area contributed by atoms with Crippen LogP contribution in [0, 0.1) is 6.92 Å². The van der Waals surface area contributed by atoms with Crippen LogP contribution < -0.4 is 5.73 Å². The van der Waals surface area contributed by atoms with Crippen molar-refractivity contribution in [3.05, 3.63) is 30.1 Å². The minimum Gasteiger partial charge on any atom is -0.341 e. The monoisotopic (exact) mass is 245 g/mol. The number of aromatic nitrogens is 4. The highest BCUT2D eigenvalue weighted by Crippen LogP contribution is 2.17. The number of rotatable bonds is 6. The van der Waals surface area contributed by atoms with Gasteiger partial charge in [0.1, 0.15) is 11.5 Å². The third-order valence-corrected chi connectivity index (χ3v) is 2.88. The first-order chi connectivity index (χ1) is 8.81. The molecule has 3 N–H and O–H groups in total. The van der Waals surface area contributed by atoms with E-state index < -0.39 is 0 Å². The third kappa shape index (κ3) is 3.13. The molecule has 0 spiro atoms. The molecule has 5 heteroatoms. The molecule has 0 radical (unpaired) electrons. The van der Waals surface area contributed by atoms with Gasteiger partial charge in [-0.3, -0.25) is 9.97 Å². The first-order valence-electron chi connectivity index (χ1n) is 6.33. The summed E-state index contributed by atoms with van der Waals surface area (Å²) in [6.45, 7) is 2.71. The van der Waals surface area contributed by atoms with Crippen molar-refractivity contribution in [1.82, 2.24) is 19.9 Å². The molecule has 0 saturated heterocycles. The zero-order valence-electron chi connectivity index (χ0n) is 10.7. The van der Waals surface area contributed by atoms with Crippen molar-refractivity contribution in [3.8, 4) is 11.4 Å². The molecule has 18 heavy (non-hydrogen) atoms. The maximum atomic E-state index is 5.47. The molecular formula is C13H19N5. The molecule has 2 aromatic heterocycles. The van der Waals surface area contributed by atoms with Gasteiger partial charge in [-0.25, -0.2) is 4.98 Å². The van der Waals surface area contributed by atoms with Gasteiger partial charge in [0.15, 0.2) is 0 Å². The van der Waals surface area contributed by atoms with E-state index in [0.29, 0.717) is 0 Å². The molecule has 5 nitrogen and oxygen atoms in total. The van der Waals surface area contributed by atoms with Crippen LogP contribution in [0.2, 0.25) is 0 Å². The molecule has 0 aliphatic carbocycles. The van der Waals surface area contributed by atoms with Crippen molar-refractivity contribution >= 4 is 0 Å². The Hall–Kier alpha value is -1.75. The van der Waals surface area contributed by atoms with Crippen molar-refractivity contribution in [2.24, 2.45) is 5.73 Å². The number of hydrogen-bond acceptors (Lipinski definition) is 4. The van der Waals surface area contributed by atoms with Gasteiger partial charge in [-0.05, 0) is 26.3 Å². The number of nitrogens with two attached hydrogens (primary N) is 1. The molecule has 96 valence electrons. The summed E-state index contributed by atoms with van der Waals surface area (Å²) in [5.74, 6) is 1.01. The number of H-pyrrole nitrogens is 1. The summed E-state index contributed by atoms with van der Waals surface area (Å²) in [5, 5.41) is 0. The van der Waals surface area contributed by atoms with E-state index in [4.69, 9.17) is 5.73 Å². The number of unbranched alkanes of at least 4 members (excludes halogenated alkanes) is 2. The molecule has 0 fully saturated rings. The Morgan fingerprint density at radius 1 is 1.11 bits per heavy atom. The molecule has 0 saturated carbocycles. The lowest BCUT2D eigenvalue weighted by molar-refractivity contribution is 0.673. The maximum Gasteiger partial charge on any atom is 0.109 e. The Kier molecular flexibility index (Phi) is 4.41. The number of aryl methyl sites for hydroxylation is 2. The summed E-state index contributed by atoms with van der Waals surface area (Å²) in [5.41, 5.74) is 8.19. The van der Waals surface area contributed by atoms with Gasteiger partial charge in [0.05, 0.1) is 17.6 Å². The fraction of sp³-hybridized carbons (Fsp3) is 0.462. The van der Waals surface area contributed by atoms with Crippen molar-refractivity contribution in [2.75, 3.05) is 6.54 Å². The van der Waals surface area contributed by atoms with Crippen LogP contribution in [-0.2, 0) is 6.42 Å². The summed E-state index contributed by atoms with van der Waals surface area (Å²) in [7, 11) is 0. The highest BCUT2D eigenvalue weighted by atomic mass is 14.9. The van der Waals surface area contributed by atoms with Gasteiger partial charge in [-0.2, -0.15) is 0 Å². The number of hydrogen-bond donors (Lipinski definition) is 2. The van der Waals surface area contributed by atoms with E-state index in [1.807, 2.05) is 13.1 Å². The first kappa shape index (κ1) is 12.7. The zero-order valence-corrected chi connectivity index (χ0v) is 10.7. The van der Waals surface area contributed by atoms with Gasteiger partial charge in [-0.15, -0.1) is 0 Å². The van der Waals surface area contributed by atoms with Gasteiger partial charge in [0, 0.05) is 18.8 Å². The fourth-order valence-corrected chi connectivity index (χ4v) is 1.90. The predicted octanol–water partition coefficient (Wildman–Crippen LogP) is 1.85. The lowest BCUT2D eigenvalue weighted by Crippen LogP contribution is -1.98. The molecule has 0 amide bonds. The largest absolute Gasteiger partial charge is 0.341 e. The highest BCUT2D eigenvalue weighted by Gasteiger charge is 2.07. The van der Waals surface area contributed by atoms with Crippen LogP contribution in [0.3, 0.4) is 0 Å². The first-order valence-corrected chi connectivity index (χ1v) is 6.33. The van der Waals surface area contributed by atoms with Crippen molar-refractivity contribution < 1.29 is 0 Å². The van der Waals surface area contributed by atoms with Crippen LogP contribution in [0.15, 0.2) is 18.6 Å². The van der Waals surface area contributed by atoms with E-state index in [2.05, 4.69) is 19.9 Å². The number of imidazole rings is 1. The molecule has 0 aliphatic rings. The van der Waals surface area contributed by atoms with Gasteiger partial charge in [0.25, 0.3) is 0 Å². The summed E-state index contributed by atoms with van der Waals surface area (Å²) >= 11 is 0. The molecule has 0 bridgehead atoms. The summed E-state index contributed by atoms with van der Waals surface area (Å²) in [6, 6.07) is 0. The maximum absolute atomic E-state index is 5.47. The average Bonchev–Trinajstić information content (AvgIpc) is 2.84. The second kappa shape index (κ2) is 6.26.